The quantitative estimate of drug-likeness (QED) is 0.448. The minimum Gasteiger partial charge on any atom is -0.479 e. The van der Waals surface area contributed by atoms with E-state index in [1.807, 2.05) is 0 Å². The maximum atomic E-state index is 13.9. The average molecular weight is 487 g/mol. The van der Waals surface area contributed by atoms with Crippen LogP contribution in [0.4, 0.5) is 4.39 Å². The Bertz CT molecular complexity index is 1030. The van der Waals surface area contributed by atoms with Crippen molar-refractivity contribution >= 4 is 17.8 Å². The van der Waals surface area contributed by atoms with Gasteiger partial charge in [0.15, 0.2) is 6.10 Å². The average Bonchev–Trinajstić information content (AvgIpc) is 3.33. The molecule has 188 valence electrons. The van der Waals surface area contributed by atoms with Crippen molar-refractivity contribution in [3.05, 3.63) is 65.5 Å². The van der Waals surface area contributed by atoms with Crippen molar-refractivity contribution in [2.24, 2.45) is 0 Å². The number of benzene rings is 2. The molecule has 1 aliphatic heterocycles. The molecule has 3 atom stereocenters. The maximum absolute atomic E-state index is 13.9. The minimum atomic E-state index is -1.02. The number of ether oxygens (including phenoxy) is 1. The van der Waals surface area contributed by atoms with Crippen LogP contribution in [0, 0.1) is 5.82 Å². The summed E-state index contributed by atoms with van der Waals surface area (Å²) in [6, 6.07) is 12.5. The van der Waals surface area contributed by atoms with E-state index in [0.717, 1.165) is 12.0 Å². The third-order valence-corrected chi connectivity index (χ3v) is 6.12. The number of aliphatic carboxylic acids is 1. The number of quaternary nitrogens is 1. The number of amides is 2. The number of carboxylic acids is 1. The molecule has 2 amide bonds. The Kier molecular flexibility index (Phi) is 9.19. The molecule has 3 rings (SSSR count). The van der Waals surface area contributed by atoms with Crippen LogP contribution in [0.15, 0.2) is 48.5 Å². The van der Waals surface area contributed by atoms with Gasteiger partial charge in [0.2, 0.25) is 11.8 Å². The SMILES string of the molecule is CCC(Oc1ccc(CNC(=O)[C@@H]2CCCN2C(=O)CC([NH3+])Cc2ccccc2F)cc1)C(=O)O. The van der Waals surface area contributed by atoms with Crippen LogP contribution in [0.2, 0.25) is 0 Å². The first-order valence-electron chi connectivity index (χ1n) is 11.9. The number of nitrogens with zero attached hydrogens (tertiary/aromatic N) is 1. The van der Waals surface area contributed by atoms with Crippen LogP contribution in [0.5, 0.6) is 5.75 Å². The van der Waals surface area contributed by atoms with Gasteiger partial charge in [-0.2, -0.15) is 0 Å². The van der Waals surface area contributed by atoms with E-state index in [0.29, 0.717) is 37.1 Å². The standard InChI is InChI=1S/C26H32FN3O5/c1-2-23(26(33)34)35-20-11-9-17(10-12-20)16-29-25(32)22-8-5-13-30(22)24(31)15-19(28)14-18-6-3-4-7-21(18)27/h3-4,6-7,9-12,19,22-23H,2,5,8,13-16,28H2,1H3,(H,29,32)(H,33,34)/p+1/t19?,22-,23?/m0/s1. The van der Waals surface area contributed by atoms with Gasteiger partial charge in [0, 0.05) is 19.5 Å². The number of carbonyl (C=O) groups is 3. The summed E-state index contributed by atoms with van der Waals surface area (Å²) < 4.78 is 19.3. The lowest BCUT2D eigenvalue weighted by atomic mass is 10.0. The first kappa shape index (κ1) is 26.2. The van der Waals surface area contributed by atoms with Gasteiger partial charge in [0.05, 0.1) is 12.5 Å². The summed E-state index contributed by atoms with van der Waals surface area (Å²) in [6.45, 7) is 2.52. The summed E-state index contributed by atoms with van der Waals surface area (Å²) in [5.41, 5.74) is 5.37. The van der Waals surface area contributed by atoms with Crippen molar-refractivity contribution < 1.29 is 34.4 Å². The predicted octanol–water partition coefficient (Wildman–Crippen LogP) is 1.92. The number of likely N-dealkylation sites (tertiary alicyclic amines) is 1. The summed E-state index contributed by atoms with van der Waals surface area (Å²) in [4.78, 5) is 38.4. The van der Waals surface area contributed by atoms with Crippen molar-refractivity contribution in [3.63, 3.8) is 0 Å². The Morgan fingerprint density at radius 2 is 1.91 bits per heavy atom. The summed E-state index contributed by atoms with van der Waals surface area (Å²) in [5.74, 6) is -1.25. The number of hydrogen-bond acceptors (Lipinski definition) is 4. The topological polar surface area (TPSA) is 124 Å². The van der Waals surface area contributed by atoms with E-state index in [1.165, 1.54) is 6.07 Å². The highest BCUT2D eigenvalue weighted by Gasteiger charge is 2.34. The molecule has 0 spiro atoms. The van der Waals surface area contributed by atoms with Crippen LogP contribution in [0.3, 0.4) is 0 Å². The summed E-state index contributed by atoms with van der Waals surface area (Å²) in [5, 5.41) is 12.0. The van der Waals surface area contributed by atoms with Crippen molar-refractivity contribution in [2.75, 3.05) is 6.54 Å². The van der Waals surface area contributed by atoms with E-state index in [1.54, 1.807) is 54.3 Å². The first-order chi connectivity index (χ1) is 16.8. The molecule has 35 heavy (non-hydrogen) atoms. The third-order valence-electron chi connectivity index (χ3n) is 6.12. The Balaban J connectivity index is 1.50. The summed E-state index contributed by atoms with van der Waals surface area (Å²) >= 11 is 0. The van der Waals surface area contributed by atoms with Crippen molar-refractivity contribution in [3.8, 4) is 5.75 Å². The maximum Gasteiger partial charge on any atom is 0.344 e. The molecule has 0 aliphatic carbocycles. The molecule has 1 fully saturated rings. The highest BCUT2D eigenvalue weighted by atomic mass is 19.1. The van der Waals surface area contributed by atoms with Gasteiger partial charge in [0.1, 0.15) is 17.6 Å². The van der Waals surface area contributed by atoms with Crippen LogP contribution >= 0.6 is 0 Å². The van der Waals surface area contributed by atoms with Gasteiger partial charge in [-0.25, -0.2) is 9.18 Å². The number of hydrogen-bond donors (Lipinski definition) is 3. The van der Waals surface area contributed by atoms with Crippen LogP contribution in [-0.4, -0.2) is 52.5 Å². The molecule has 2 unspecified atom stereocenters. The third kappa shape index (κ3) is 7.26. The Morgan fingerprint density at radius 1 is 1.20 bits per heavy atom. The highest BCUT2D eigenvalue weighted by Crippen LogP contribution is 2.20. The van der Waals surface area contributed by atoms with Gasteiger partial charge in [0.25, 0.3) is 0 Å². The molecule has 1 saturated heterocycles. The zero-order chi connectivity index (χ0) is 25.4. The second-order valence-corrected chi connectivity index (χ2v) is 8.83. The molecule has 1 aliphatic rings. The summed E-state index contributed by atoms with van der Waals surface area (Å²) in [7, 11) is 0. The number of nitrogens with one attached hydrogen (secondary N) is 1. The molecule has 0 saturated carbocycles. The van der Waals surface area contributed by atoms with E-state index in [-0.39, 0.29) is 36.6 Å². The number of halogens is 1. The fourth-order valence-electron chi connectivity index (χ4n) is 4.21. The molecule has 2 aromatic rings. The molecule has 5 N–H and O–H groups in total. The second-order valence-electron chi connectivity index (χ2n) is 8.83. The van der Waals surface area contributed by atoms with E-state index in [2.05, 4.69) is 11.1 Å². The van der Waals surface area contributed by atoms with Crippen molar-refractivity contribution in [2.45, 2.75) is 63.8 Å². The zero-order valence-corrected chi connectivity index (χ0v) is 19.9. The largest absolute Gasteiger partial charge is 0.479 e. The molecule has 2 aromatic carbocycles. The Morgan fingerprint density at radius 3 is 2.57 bits per heavy atom. The van der Waals surface area contributed by atoms with Crippen molar-refractivity contribution in [1.29, 1.82) is 0 Å². The van der Waals surface area contributed by atoms with Crippen LogP contribution in [0.1, 0.15) is 43.7 Å². The molecule has 0 bridgehead atoms. The van der Waals surface area contributed by atoms with Gasteiger partial charge in [-0.15, -0.1) is 0 Å². The van der Waals surface area contributed by atoms with E-state index < -0.39 is 18.1 Å². The molecular weight excluding hydrogens is 453 g/mol. The van der Waals surface area contributed by atoms with Gasteiger partial charge in [-0.3, -0.25) is 9.59 Å². The lowest BCUT2D eigenvalue weighted by molar-refractivity contribution is -0.418. The lowest BCUT2D eigenvalue weighted by Crippen LogP contribution is -2.63. The van der Waals surface area contributed by atoms with E-state index >= 15 is 0 Å². The molecule has 0 aromatic heterocycles. The monoisotopic (exact) mass is 486 g/mol. The van der Waals surface area contributed by atoms with Gasteiger partial charge < -0.3 is 25.8 Å². The smallest absolute Gasteiger partial charge is 0.344 e. The molecular formula is C26H33FN3O5+. The lowest BCUT2D eigenvalue weighted by Gasteiger charge is -2.25. The molecule has 8 nitrogen and oxygen atoms in total. The van der Waals surface area contributed by atoms with Crippen LogP contribution in [0.25, 0.3) is 0 Å². The number of carbonyl (C=O) groups excluding carboxylic acids is 2. The van der Waals surface area contributed by atoms with Gasteiger partial charge in [-0.1, -0.05) is 37.3 Å². The van der Waals surface area contributed by atoms with Gasteiger partial charge in [-0.05, 0) is 48.6 Å². The fourth-order valence-corrected chi connectivity index (χ4v) is 4.21. The molecule has 9 heteroatoms. The number of rotatable bonds is 11. The normalized spacial score (nSPS) is 17.0. The van der Waals surface area contributed by atoms with E-state index in [4.69, 9.17) is 9.84 Å². The van der Waals surface area contributed by atoms with E-state index in [9.17, 15) is 18.8 Å². The second kappa shape index (κ2) is 12.3. The highest BCUT2D eigenvalue weighted by molar-refractivity contribution is 5.88. The Labute approximate surface area is 204 Å². The predicted molar refractivity (Wildman–Crippen MR) is 127 cm³/mol. The number of carboxylic acid groups (broad SMARTS) is 1. The zero-order valence-electron chi connectivity index (χ0n) is 19.9. The minimum absolute atomic E-state index is 0.147. The van der Waals surface area contributed by atoms with Gasteiger partial charge >= 0.3 is 5.97 Å². The van der Waals surface area contributed by atoms with Crippen molar-refractivity contribution in [1.82, 2.24) is 10.2 Å². The van der Waals surface area contributed by atoms with Crippen LogP contribution in [-0.2, 0) is 27.3 Å². The summed E-state index contributed by atoms with van der Waals surface area (Å²) in [6.07, 6.45) is 1.28. The van der Waals surface area contributed by atoms with Crippen LogP contribution < -0.4 is 15.8 Å². The first-order valence-corrected chi connectivity index (χ1v) is 11.9. The fraction of sp³-hybridized carbons (Fsp3) is 0.423. The Hall–Kier alpha value is -3.46. The molecule has 1 heterocycles. The molecule has 0 radical (unpaired) electrons.